The fraction of sp³-hybridized carbons (Fsp3) is 1.00. The van der Waals surface area contributed by atoms with Crippen LogP contribution in [0.5, 0.6) is 0 Å². The van der Waals surface area contributed by atoms with Crippen molar-refractivity contribution in [2.24, 2.45) is 0 Å². The highest BCUT2D eigenvalue weighted by Gasteiger charge is 2.29. The summed E-state index contributed by atoms with van der Waals surface area (Å²) >= 11 is -1.95. The fourth-order valence-electron chi connectivity index (χ4n) is 0.421. The van der Waals surface area contributed by atoms with Crippen LogP contribution in [0.3, 0.4) is 0 Å². The van der Waals surface area contributed by atoms with Crippen LogP contribution in [0.4, 0.5) is 0 Å². The van der Waals surface area contributed by atoms with Gasteiger partial charge in [0.15, 0.2) is 0 Å². The molecule has 0 aromatic carbocycles. The van der Waals surface area contributed by atoms with Crippen LogP contribution in [-0.4, -0.2) is 25.7 Å². The summed E-state index contributed by atoms with van der Waals surface area (Å²) in [6, 6.07) is 0.262. The zero-order valence-corrected chi connectivity index (χ0v) is 4.77. The third-order valence-electron chi connectivity index (χ3n) is 0.994. The third-order valence-corrected chi connectivity index (χ3v) is 1.89. The first-order valence-electron chi connectivity index (χ1n) is 2.08. The van der Waals surface area contributed by atoms with E-state index in [1.165, 1.54) is 4.31 Å². The molecule has 0 aromatic rings. The summed E-state index contributed by atoms with van der Waals surface area (Å²) in [6.07, 6.45) is 0. The van der Waals surface area contributed by atoms with Gasteiger partial charge in [-0.3, -0.25) is 4.21 Å². The average molecular weight is 120 g/mol. The molecular weight excluding hydrogens is 114 g/mol. The number of nitrogens with zero attached hydrogens (tertiary/aromatic N) is 1. The molecule has 1 fully saturated rings. The molecule has 0 radical (unpaired) electrons. The van der Waals surface area contributed by atoms with Gasteiger partial charge in [-0.1, -0.05) is 0 Å². The highest BCUT2D eigenvalue weighted by molar-refractivity contribution is 7.76. The molecule has 3 unspecified atom stereocenters. The topological polar surface area (TPSA) is 43.1 Å². The molecule has 7 heavy (non-hydrogen) atoms. The molecule has 0 bridgehead atoms. The summed E-state index contributed by atoms with van der Waals surface area (Å²) in [7, 11) is 0. The lowest BCUT2D eigenvalue weighted by molar-refractivity contribution is 0.498. The van der Waals surface area contributed by atoms with E-state index in [0.29, 0.717) is 6.54 Å². The fourth-order valence-corrected chi connectivity index (χ4v) is 1.05. The van der Waals surface area contributed by atoms with Crippen LogP contribution >= 0.6 is 0 Å². The molecule has 0 spiro atoms. The van der Waals surface area contributed by atoms with Crippen molar-refractivity contribution in [3.63, 3.8) is 0 Å². The predicted octanol–water partition coefficient (Wildman–Crippen LogP) is -0.515. The van der Waals surface area contributed by atoms with Crippen molar-refractivity contribution in [2.45, 2.75) is 13.0 Å². The average Bonchev–Trinajstić information content (AvgIpc) is 2.17. The van der Waals surface area contributed by atoms with Crippen LogP contribution in [-0.2, 0) is 11.3 Å². The van der Waals surface area contributed by atoms with Gasteiger partial charge in [0.05, 0.1) is 0 Å². The molecule has 0 aromatic heterocycles. The lowest BCUT2D eigenvalue weighted by atomic mass is 10.6. The largest absolute Gasteiger partial charge is 0.760 e. The minimum Gasteiger partial charge on any atom is -0.760 e. The van der Waals surface area contributed by atoms with Crippen LogP contribution in [0.2, 0.25) is 0 Å². The molecular formula is C3H6NO2S-. The van der Waals surface area contributed by atoms with Crippen molar-refractivity contribution in [1.29, 1.82) is 0 Å². The van der Waals surface area contributed by atoms with Crippen LogP contribution in [0.15, 0.2) is 0 Å². The SMILES string of the molecule is CC1CN1S(=O)[O-]. The van der Waals surface area contributed by atoms with Gasteiger partial charge in [-0.2, -0.15) is 0 Å². The molecule has 1 aliphatic rings. The van der Waals surface area contributed by atoms with Gasteiger partial charge in [0.2, 0.25) is 0 Å². The first-order chi connectivity index (χ1) is 3.22. The molecule has 0 N–H and O–H groups in total. The Hall–Kier alpha value is 0.0700. The highest BCUT2D eigenvalue weighted by Crippen LogP contribution is 2.16. The second kappa shape index (κ2) is 1.54. The van der Waals surface area contributed by atoms with E-state index in [4.69, 9.17) is 0 Å². The number of hydrogen-bond donors (Lipinski definition) is 0. The van der Waals surface area contributed by atoms with Gasteiger partial charge in [-0.15, -0.1) is 0 Å². The lowest BCUT2D eigenvalue weighted by Gasteiger charge is -2.01. The smallest absolute Gasteiger partial charge is 0.0324 e. The van der Waals surface area contributed by atoms with Crippen molar-refractivity contribution in [2.75, 3.05) is 6.54 Å². The lowest BCUT2D eigenvalue weighted by Crippen LogP contribution is -2.01. The molecule has 0 amide bonds. The van der Waals surface area contributed by atoms with E-state index in [1.807, 2.05) is 6.92 Å². The molecule has 0 aliphatic carbocycles. The molecule has 1 rings (SSSR count). The van der Waals surface area contributed by atoms with Crippen molar-refractivity contribution in [1.82, 2.24) is 4.31 Å². The van der Waals surface area contributed by atoms with Gasteiger partial charge in [0.25, 0.3) is 0 Å². The van der Waals surface area contributed by atoms with Crippen LogP contribution in [0.1, 0.15) is 6.92 Å². The monoisotopic (exact) mass is 120 g/mol. The zero-order chi connectivity index (χ0) is 5.44. The molecule has 1 saturated heterocycles. The summed E-state index contributed by atoms with van der Waals surface area (Å²) in [6.45, 7) is 2.58. The highest BCUT2D eigenvalue weighted by atomic mass is 32.2. The Morgan fingerprint density at radius 1 is 2.00 bits per heavy atom. The molecule has 3 nitrogen and oxygen atoms in total. The van der Waals surface area contributed by atoms with E-state index >= 15 is 0 Å². The van der Waals surface area contributed by atoms with Crippen molar-refractivity contribution in [3.05, 3.63) is 0 Å². The first-order valence-corrected chi connectivity index (χ1v) is 3.11. The second-order valence-corrected chi connectivity index (χ2v) is 2.57. The van der Waals surface area contributed by atoms with Gasteiger partial charge < -0.3 is 4.55 Å². The van der Waals surface area contributed by atoms with E-state index in [2.05, 4.69) is 0 Å². The molecule has 1 heterocycles. The summed E-state index contributed by atoms with van der Waals surface area (Å²) in [4.78, 5) is 0. The molecule has 0 saturated carbocycles. The maximum atomic E-state index is 9.90. The Labute approximate surface area is 44.7 Å². The Bertz CT molecular complexity index is 105. The Morgan fingerprint density at radius 2 is 2.43 bits per heavy atom. The standard InChI is InChI=1S/C3H7NO2S/c1-3-2-4(3)7(5)6/h3H,2H2,1H3,(H,5,6)/p-1. The van der Waals surface area contributed by atoms with E-state index in [-0.39, 0.29) is 6.04 Å². The van der Waals surface area contributed by atoms with Crippen molar-refractivity contribution in [3.8, 4) is 0 Å². The van der Waals surface area contributed by atoms with Gasteiger partial charge in [-0.25, -0.2) is 4.31 Å². The summed E-state index contributed by atoms with van der Waals surface area (Å²) in [5, 5.41) is 0. The van der Waals surface area contributed by atoms with Crippen molar-refractivity contribution < 1.29 is 8.76 Å². The predicted molar refractivity (Wildman–Crippen MR) is 25.1 cm³/mol. The van der Waals surface area contributed by atoms with E-state index in [9.17, 15) is 8.76 Å². The first kappa shape index (κ1) is 5.21. The Kier molecular flexibility index (Phi) is 1.15. The minimum absolute atomic E-state index is 0.262. The Morgan fingerprint density at radius 3 is 2.43 bits per heavy atom. The normalized spacial score (nSPS) is 43.1. The summed E-state index contributed by atoms with van der Waals surface area (Å²) < 4.78 is 21.2. The Balaban J connectivity index is 2.33. The molecule has 3 atom stereocenters. The second-order valence-electron chi connectivity index (χ2n) is 1.67. The number of rotatable bonds is 1. The van der Waals surface area contributed by atoms with Crippen LogP contribution in [0.25, 0.3) is 0 Å². The maximum absolute atomic E-state index is 9.90. The zero-order valence-electron chi connectivity index (χ0n) is 3.96. The van der Waals surface area contributed by atoms with Crippen molar-refractivity contribution >= 4 is 11.3 Å². The van der Waals surface area contributed by atoms with E-state index < -0.39 is 11.3 Å². The molecule has 1 aliphatic heterocycles. The molecule has 42 valence electrons. The van der Waals surface area contributed by atoms with E-state index in [1.54, 1.807) is 0 Å². The number of hydrogen-bond acceptors (Lipinski definition) is 2. The van der Waals surface area contributed by atoms with E-state index in [0.717, 1.165) is 0 Å². The van der Waals surface area contributed by atoms with Gasteiger partial charge in [-0.05, 0) is 6.92 Å². The van der Waals surface area contributed by atoms with Gasteiger partial charge in [0, 0.05) is 23.9 Å². The maximum Gasteiger partial charge on any atom is 0.0324 e. The van der Waals surface area contributed by atoms with Crippen LogP contribution < -0.4 is 0 Å². The minimum atomic E-state index is -1.95. The van der Waals surface area contributed by atoms with Gasteiger partial charge in [0.1, 0.15) is 0 Å². The quantitative estimate of drug-likeness (QED) is 0.345. The summed E-state index contributed by atoms with van der Waals surface area (Å²) in [5.74, 6) is 0. The molecule has 4 heteroatoms. The summed E-state index contributed by atoms with van der Waals surface area (Å²) in [5.41, 5.74) is 0. The van der Waals surface area contributed by atoms with Gasteiger partial charge >= 0.3 is 0 Å². The third kappa shape index (κ3) is 0.992. The van der Waals surface area contributed by atoms with Crippen LogP contribution in [0, 0.1) is 0 Å².